The molecule has 2 aromatic rings. The molecule has 0 saturated carbocycles. The van der Waals surface area contributed by atoms with Gasteiger partial charge in [-0.3, -0.25) is 19.9 Å². The van der Waals surface area contributed by atoms with Crippen molar-refractivity contribution in [2.24, 2.45) is 10.9 Å². The predicted octanol–water partition coefficient (Wildman–Crippen LogP) is 2.47. The van der Waals surface area contributed by atoms with E-state index in [2.05, 4.69) is 10.3 Å². The zero-order valence-corrected chi connectivity index (χ0v) is 16.3. The second kappa shape index (κ2) is 8.99. The maximum atomic E-state index is 12.8. The Morgan fingerprint density at radius 1 is 1.10 bits per heavy atom. The standard InChI is InChI=1S/C21H19N3O6/c1-3-30-20(27)13-4-6-14(7-5-13)22-12-17-18(25)23-21(28)24(19(17)26)15-8-10-16(29-2)11-9-15/h4-12,17H,3H2,1-2H3,(H,23,25,28). The van der Waals surface area contributed by atoms with Crippen LogP contribution in [0.2, 0.25) is 0 Å². The fourth-order valence-corrected chi connectivity index (χ4v) is 2.76. The molecule has 1 N–H and O–H groups in total. The smallest absolute Gasteiger partial charge is 0.338 e. The lowest BCUT2D eigenvalue weighted by molar-refractivity contribution is -0.131. The number of ether oxygens (including phenoxy) is 2. The van der Waals surface area contributed by atoms with E-state index in [4.69, 9.17) is 9.47 Å². The minimum absolute atomic E-state index is 0.265. The molecule has 1 heterocycles. The number of nitrogens with one attached hydrogen (secondary N) is 1. The van der Waals surface area contributed by atoms with Crippen LogP contribution in [0.1, 0.15) is 17.3 Å². The van der Waals surface area contributed by atoms with Crippen LogP contribution in [0.4, 0.5) is 16.2 Å². The van der Waals surface area contributed by atoms with Gasteiger partial charge in [-0.05, 0) is 55.5 Å². The first-order chi connectivity index (χ1) is 14.4. The summed E-state index contributed by atoms with van der Waals surface area (Å²) in [5, 5.41) is 2.15. The molecule has 30 heavy (non-hydrogen) atoms. The molecule has 1 saturated heterocycles. The number of amides is 4. The average molecular weight is 409 g/mol. The van der Waals surface area contributed by atoms with Gasteiger partial charge in [0.15, 0.2) is 5.92 Å². The summed E-state index contributed by atoms with van der Waals surface area (Å²) < 4.78 is 9.97. The van der Waals surface area contributed by atoms with E-state index in [-0.39, 0.29) is 6.61 Å². The number of esters is 1. The number of imide groups is 2. The van der Waals surface area contributed by atoms with Gasteiger partial charge in [0, 0.05) is 6.21 Å². The Hall–Kier alpha value is -4.01. The summed E-state index contributed by atoms with van der Waals surface area (Å²) in [5.41, 5.74) is 1.08. The normalized spacial score (nSPS) is 16.5. The van der Waals surface area contributed by atoms with Gasteiger partial charge < -0.3 is 9.47 Å². The summed E-state index contributed by atoms with van der Waals surface area (Å²) in [6.07, 6.45) is 1.17. The van der Waals surface area contributed by atoms with E-state index < -0.39 is 29.7 Å². The minimum Gasteiger partial charge on any atom is -0.497 e. The number of rotatable bonds is 6. The van der Waals surface area contributed by atoms with Crippen molar-refractivity contribution in [1.82, 2.24) is 5.32 Å². The van der Waals surface area contributed by atoms with Crippen LogP contribution in [0.15, 0.2) is 53.5 Å². The Kier molecular flexibility index (Phi) is 6.21. The van der Waals surface area contributed by atoms with Crippen molar-refractivity contribution in [3.05, 3.63) is 54.1 Å². The van der Waals surface area contributed by atoms with Crippen LogP contribution in [-0.4, -0.2) is 43.7 Å². The number of aliphatic imine (C=N–C) groups is 1. The molecule has 3 rings (SSSR count). The van der Waals surface area contributed by atoms with Crippen molar-refractivity contribution in [1.29, 1.82) is 0 Å². The second-order valence-electron chi connectivity index (χ2n) is 6.19. The van der Waals surface area contributed by atoms with Crippen molar-refractivity contribution >= 4 is 41.4 Å². The highest BCUT2D eigenvalue weighted by atomic mass is 16.5. The number of anilines is 1. The fourth-order valence-electron chi connectivity index (χ4n) is 2.76. The lowest BCUT2D eigenvalue weighted by atomic mass is 10.1. The number of hydrogen-bond acceptors (Lipinski definition) is 7. The van der Waals surface area contributed by atoms with Crippen molar-refractivity contribution in [3.63, 3.8) is 0 Å². The van der Waals surface area contributed by atoms with Crippen molar-refractivity contribution in [2.45, 2.75) is 6.92 Å². The molecular weight excluding hydrogens is 390 g/mol. The van der Waals surface area contributed by atoms with Gasteiger partial charge in [0.2, 0.25) is 5.91 Å². The summed E-state index contributed by atoms with van der Waals surface area (Å²) in [5.74, 6) is -2.66. The molecule has 1 aliphatic heterocycles. The van der Waals surface area contributed by atoms with E-state index in [0.717, 1.165) is 4.90 Å². The van der Waals surface area contributed by atoms with Gasteiger partial charge in [-0.15, -0.1) is 0 Å². The van der Waals surface area contributed by atoms with Gasteiger partial charge in [0.1, 0.15) is 5.75 Å². The Morgan fingerprint density at radius 3 is 2.37 bits per heavy atom. The van der Waals surface area contributed by atoms with E-state index in [1.54, 1.807) is 31.2 Å². The van der Waals surface area contributed by atoms with Crippen LogP contribution in [0.25, 0.3) is 0 Å². The highest BCUT2D eigenvalue weighted by Crippen LogP contribution is 2.23. The number of methoxy groups -OCH3 is 1. The van der Waals surface area contributed by atoms with Crippen molar-refractivity contribution < 1.29 is 28.7 Å². The number of benzene rings is 2. The lowest BCUT2D eigenvalue weighted by Crippen LogP contribution is -2.58. The van der Waals surface area contributed by atoms with E-state index in [0.29, 0.717) is 22.7 Å². The van der Waals surface area contributed by atoms with Crippen molar-refractivity contribution in [3.8, 4) is 5.75 Å². The Labute approximate surface area is 172 Å². The van der Waals surface area contributed by atoms with Gasteiger partial charge in [-0.2, -0.15) is 0 Å². The fraction of sp³-hybridized carbons (Fsp3) is 0.190. The highest BCUT2D eigenvalue weighted by Gasteiger charge is 2.40. The summed E-state index contributed by atoms with van der Waals surface area (Å²) in [6.45, 7) is 1.98. The van der Waals surface area contributed by atoms with E-state index in [1.807, 2.05) is 0 Å². The molecule has 154 valence electrons. The third-order valence-electron chi connectivity index (χ3n) is 4.28. The summed E-state index contributed by atoms with van der Waals surface area (Å²) in [4.78, 5) is 53.9. The molecule has 0 aromatic heterocycles. The molecule has 2 aromatic carbocycles. The molecule has 9 nitrogen and oxygen atoms in total. The van der Waals surface area contributed by atoms with Gasteiger partial charge in [-0.25, -0.2) is 14.5 Å². The Morgan fingerprint density at radius 2 is 1.77 bits per heavy atom. The number of nitrogens with zero attached hydrogens (tertiary/aromatic N) is 2. The van der Waals surface area contributed by atoms with Crippen LogP contribution in [0, 0.1) is 5.92 Å². The number of barbiturate groups is 1. The number of carbonyl (C=O) groups excluding carboxylic acids is 4. The largest absolute Gasteiger partial charge is 0.497 e. The maximum Gasteiger partial charge on any atom is 0.338 e. The predicted molar refractivity (Wildman–Crippen MR) is 108 cm³/mol. The zero-order chi connectivity index (χ0) is 21.7. The van der Waals surface area contributed by atoms with E-state index in [1.165, 1.54) is 37.6 Å². The molecule has 0 spiro atoms. The van der Waals surface area contributed by atoms with Crippen LogP contribution in [0.5, 0.6) is 5.75 Å². The molecule has 1 unspecified atom stereocenters. The van der Waals surface area contributed by atoms with Crippen LogP contribution in [0.3, 0.4) is 0 Å². The monoisotopic (exact) mass is 409 g/mol. The first-order valence-corrected chi connectivity index (χ1v) is 9.08. The summed E-state index contributed by atoms with van der Waals surface area (Å²) in [7, 11) is 1.50. The van der Waals surface area contributed by atoms with E-state index in [9.17, 15) is 19.2 Å². The number of hydrogen-bond donors (Lipinski definition) is 1. The maximum absolute atomic E-state index is 12.8. The summed E-state index contributed by atoms with van der Waals surface area (Å²) in [6, 6.07) is 11.6. The minimum atomic E-state index is -1.28. The lowest BCUT2D eigenvalue weighted by Gasteiger charge is -2.28. The molecule has 9 heteroatoms. The third kappa shape index (κ3) is 4.35. The molecule has 4 amide bonds. The third-order valence-corrected chi connectivity index (χ3v) is 4.28. The van der Waals surface area contributed by atoms with Gasteiger partial charge in [-0.1, -0.05) is 0 Å². The average Bonchev–Trinajstić information content (AvgIpc) is 2.74. The molecule has 1 fully saturated rings. The first-order valence-electron chi connectivity index (χ1n) is 9.08. The molecule has 1 aliphatic rings. The Balaban J connectivity index is 1.79. The van der Waals surface area contributed by atoms with Crippen molar-refractivity contribution in [2.75, 3.05) is 18.6 Å². The van der Waals surface area contributed by atoms with E-state index >= 15 is 0 Å². The molecular formula is C21H19N3O6. The second-order valence-corrected chi connectivity index (χ2v) is 6.19. The van der Waals surface area contributed by atoms with Crippen LogP contribution in [-0.2, 0) is 14.3 Å². The SMILES string of the molecule is CCOC(=O)c1ccc(N=CC2C(=O)NC(=O)N(c3ccc(OC)cc3)C2=O)cc1. The molecule has 0 radical (unpaired) electrons. The Bertz CT molecular complexity index is 998. The first kappa shape index (κ1) is 20.7. The van der Waals surface area contributed by atoms with Crippen LogP contribution >= 0.6 is 0 Å². The quantitative estimate of drug-likeness (QED) is 0.445. The topological polar surface area (TPSA) is 114 Å². The summed E-state index contributed by atoms with van der Waals surface area (Å²) >= 11 is 0. The molecule has 0 aliphatic carbocycles. The van der Waals surface area contributed by atoms with Gasteiger partial charge in [0.25, 0.3) is 5.91 Å². The zero-order valence-electron chi connectivity index (χ0n) is 16.3. The van der Waals surface area contributed by atoms with Crippen LogP contribution < -0.4 is 15.0 Å². The highest BCUT2D eigenvalue weighted by molar-refractivity contribution is 6.32. The van der Waals surface area contributed by atoms with Gasteiger partial charge in [0.05, 0.1) is 30.7 Å². The number of urea groups is 1. The van der Waals surface area contributed by atoms with Gasteiger partial charge >= 0.3 is 12.0 Å². The molecule has 0 bridgehead atoms. The molecule has 1 atom stereocenters. The number of carbonyl (C=O) groups is 4.